The molecule has 1 aliphatic heterocycles. The lowest BCUT2D eigenvalue weighted by Crippen LogP contribution is -2.48. The van der Waals surface area contributed by atoms with Crippen LogP contribution in [0.1, 0.15) is 36.6 Å². The van der Waals surface area contributed by atoms with Gasteiger partial charge in [-0.3, -0.25) is 4.90 Å². The maximum atomic E-state index is 4.34. The second-order valence-corrected chi connectivity index (χ2v) is 6.73. The highest BCUT2D eigenvalue weighted by molar-refractivity contribution is 7.11. The summed E-state index contributed by atoms with van der Waals surface area (Å²) in [5.41, 5.74) is 0. The summed E-state index contributed by atoms with van der Waals surface area (Å²) in [6.45, 7) is 11.3. The van der Waals surface area contributed by atoms with Gasteiger partial charge in [0.25, 0.3) is 0 Å². The van der Waals surface area contributed by atoms with Crippen molar-refractivity contribution in [2.45, 2.75) is 46.2 Å². The highest BCUT2D eigenvalue weighted by atomic mass is 32.1. The zero-order valence-electron chi connectivity index (χ0n) is 11.8. The minimum Gasteiger partial charge on any atom is -0.314 e. The van der Waals surface area contributed by atoms with Crippen LogP contribution in [0.4, 0.5) is 0 Å². The van der Waals surface area contributed by atoms with E-state index in [1.165, 1.54) is 35.8 Å². The molecule has 2 heterocycles. The average molecular weight is 267 g/mol. The van der Waals surface area contributed by atoms with Gasteiger partial charge in [-0.25, -0.2) is 4.98 Å². The van der Waals surface area contributed by atoms with Crippen molar-refractivity contribution in [3.63, 3.8) is 0 Å². The second kappa shape index (κ2) is 6.64. The third-order valence-corrected chi connectivity index (χ3v) is 4.59. The van der Waals surface area contributed by atoms with Crippen molar-refractivity contribution in [1.82, 2.24) is 15.2 Å². The largest absolute Gasteiger partial charge is 0.314 e. The fourth-order valence-corrected chi connectivity index (χ4v) is 3.54. The van der Waals surface area contributed by atoms with E-state index < -0.39 is 0 Å². The maximum Gasteiger partial charge on any atom is 0.0897 e. The van der Waals surface area contributed by atoms with Gasteiger partial charge >= 0.3 is 0 Å². The van der Waals surface area contributed by atoms with Gasteiger partial charge in [-0.1, -0.05) is 13.8 Å². The van der Waals surface area contributed by atoms with Gasteiger partial charge in [0.2, 0.25) is 0 Å². The molecule has 0 bridgehead atoms. The first-order chi connectivity index (χ1) is 8.69. The predicted octanol–water partition coefficient (Wildman–Crippen LogP) is 2.66. The van der Waals surface area contributed by atoms with Gasteiger partial charge in [0, 0.05) is 36.8 Å². The van der Waals surface area contributed by atoms with Crippen LogP contribution in [0.3, 0.4) is 0 Å². The number of likely N-dealkylation sites (tertiary alicyclic amines) is 1. The second-order valence-electron chi connectivity index (χ2n) is 5.41. The Morgan fingerprint density at radius 1 is 1.56 bits per heavy atom. The summed E-state index contributed by atoms with van der Waals surface area (Å²) >= 11 is 1.83. The molecule has 2 atom stereocenters. The molecule has 0 amide bonds. The van der Waals surface area contributed by atoms with Crippen molar-refractivity contribution in [1.29, 1.82) is 0 Å². The Kier molecular flexibility index (Phi) is 5.15. The SMILES string of the molecule is CCCNC1CCN(Cc2cnc(C)s2)CC1C. The summed E-state index contributed by atoms with van der Waals surface area (Å²) in [6, 6.07) is 0.712. The van der Waals surface area contributed by atoms with Crippen LogP contribution in [-0.2, 0) is 6.54 Å². The Labute approximate surface area is 115 Å². The van der Waals surface area contributed by atoms with Crippen LogP contribution >= 0.6 is 11.3 Å². The molecule has 2 rings (SSSR count). The molecule has 1 aliphatic rings. The van der Waals surface area contributed by atoms with E-state index in [9.17, 15) is 0 Å². The number of piperidine rings is 1. The monoisotopic (exact) mass is 267 g/mol. The average Bonchev–Trinajstić information content (AvgIpc) is 2.74. The van der Waals surface area contributed by atoms with E-state index in [2.05, 4.69) is 36.0 Å². The van der Waals surface area contributed by atoms with Crippen molar-refractivity contribution in [2.24, 2.45) is 5.92 Å². The number of aryl methyl sites for hydroxylation is 1. The summed E-state index contributed by atoms with van der Waals surface area (Å²) in [7, 11) is 0. The Hall–Kier alpha value is -0.450. The molecule has 1 fully saturated rings. The van der Waals surface area contributed by atoms with Gasteiger partial charge in [0.15, 0.2) is 0 Å². The molecule has 3 nitrogen and oxygen atoms in total. The third-order valence-electron chi connectivity index (χ3n) is 3.69. The number of hydrogen-bond donors (Lipinski definition) is 1. The molecule has 1 aromatic rings. The van der Waals surface area contributed by atoms with Crippen molar-refractivity contribution in [2.75, 3.05) is 19.6 Å². The van der Waals surface area contributed by atoms with Gasteiger partial charge in [0.05, 0.1) is 5.01 Å². The van der Waals surface area contributed by atoms with Gasteiger partial charge in [-0.05, 0) is 32.2 Å². The van der Waals surface area contributed by atoms with Gasteiger partial charge in [-0.15, -0.1) is 11.3 Å². The fourth-order valence-electron chi connectivity index (χ4n) is 2.71. The lowest BCUT2D eigenvalue weighted by Gasteiger charge is -2.37. The van der Waals surface area contributed by atoms with Crippen LogP contribution in [0, 0.1) is 12.8 Å². The van der Waals surface area contributed by atoms with E-state index in [-0.39, 0.29) is 0 Å². The molecule has 0 aromatic carbocycles. The van der Waals surface area contributed by atoms with Gasteiger partial charge in [-0.2, -0.15) is 0 Å². The van der Waals surface area contributed by atoms with Gasteiger partial charge < -0.3 is 5.32 Å². The Morgan fingerprint density at radius 3 is 3.00 bits per heavy atom. The lowest BCUT2D eigenvalue weighted by atomic mass is 9.93. The third kappa shape index (κ3) is 3.77. The number of aromatic nitrogens is 1. The first-order valence-corrected chi connectivity index (χ1v) is 7.87. The molecule has 0 spiro atoms. The summed E-state index contributed by atoms with van der Waals surface area (Å²) < 4.78 is 0. The highest BCUT2D eigenvalue weighted by Crippen LogP contribution is 2.21. The smallest absolute Gasteiger partial charge is 0.0897 e. The molecule has 4 heteroatoms. The molecule has 1 N–H and O–H groups in total. The molecule has 2 unspecified atom stereocenters. The van der Waals surface area contributed by atoms with E-state index in [0.717, 1.165) is 19.0 Å². The van der Waals surface area contributed by atoms with E-state index in [0.29, 0.717) is 6.04 Å². The molecule has 18 heavy (non-hydrogen) atoms. The van der Waals surface area contributed by atoms with Crippen molar-refractivity contribution < 1.29 is 0 Å². The molecule has 1 saturated heterocycles. The normalized spacial score (nSPS) is 25.5. The summed E-state index contributed by atoms with van der Waals surface area (Å²) in [6.07, 6.45) is 4.54. The number of thiazole rings is 1. The summed E-state index contributed by atoms with van der Waals surface area (Å²) in [5, 5.41) is 4.85. The zero-order valence-corrected chi connectivity index (χ0v) is 12.6. The Morgan fingerprint density at radius 2 is 2.39 bits per heavy atom. The number of nitrogens with one attached hydrogen (secondary N) is 1. The maximum absolute atomic E-state index is 4.34. The first kappa shape index (κ1) is 14.0. The van der Waals surface area contributed by atoms with Crippen LogP contribution in [0.15, 0.2) is 6.20 Å². The Balaban J connectivity index is 1.80. The van der Waals surface area contributed by atoms with Crippen LogP contribution in [0.2, 0.25) is 0 Å². The zero-order chi connectivity index (χ0) is 13.0. The fraction of sp³-hybridized carbons (Fsp3) is 0.786. The first-order valence-electron chi connectivity index (χ1n) is 7.06. The molecular weight excluding hydrogens is 242 g/mol. The van der Waals surface area contributed by atoms with Crippen molar-refractivity contribution >= 4 is 11.3 Å². The number of nitrogens with zero attached hydrogens (tertiary/aromatic N) is 2. The van der Waals surface area contributed by atoms with Crippen LogP contribution < -0.4 is 5.32 Å². The molecular formula is C14H25N3S. The van der Waals surface area contributed by atoms with Crippen LogP contribution in [0.5, 0.6) is 0 Å². The minimum atomic E-state index is 0.712. The van der Waals surface area contributed by atoms with E-state index in [1.54, 1.807) is 0 Å². The van der Waals surface area contributed by atoms with Crippen LogP contribution in [0.25, 0.3) is 0 Å². The highest BCUT2D eigenvalue weighted by Gasteiger charge is 2.25. The topological polar surface area (TPSA) is 28.2 Å². The minimum absolute atomic E-state index is 0.712. The molecule has 0 radical (unpaired) electrons. The number of rotatable bonds is 5. The van der Waals surface area contributed by atoms with Gasteiger partial charge in [0.1, 0.15) is 0 Å². The molecule has 0 aliphatic carbocycles. The van der Waals surface area contributed by atoms with Crippen molar-refractivity contribution in [3.05, 3.63) is 16.1 Å². The van der Waals surface area contributed by atoms with E-state index in [4.69, 9.17) is 0 Å². The predicted molar refractivity (Wildman–Crippen MR) is 78.0 cm³/mol. The summed E-state index contributed by atoms with van der Waals surface area (Å²) in [4.78, 5) is 8.31. The summed E-state index contributed by atoms with van der Waals surface area (Å²) in [5.74, 6) is 0.749. The standard InChI is InChI=1S/C14H25N3S/c1-4-6-15-14-5-7-17(9-11(14)2)10-13-8-16-12(3)18-13/h8,11,14-15H,4-7,9-10H2,1-3H3. The lowest BCUT2D eigenvalue weighted by molar-refractivity contribution is 0.142. The van der Waals surface area contributed by atoms with Crippen molar-refractivity contribution in [3.8, 4) is 0 Å². The molecule has 102 valence electrons. The van der Waals surface area contributed by atoms with E-state index in [1.807, 2.05) is 17.5 Å². The Bertz CT molecular complexity index is 364. The molecule has 0 saturated carbocycles. The molecule has 1 aromatic heterocycles. The number of hydrogen-bond acceptors (Lipinski definition) is 4. The van der Waals surface area contributed by atoms with E-state index >= 15 is 0 Å². The quantitative estimate of drug-likeness (QED) is 0.889. The van der Waals surface area contributed by atoms with Crippen LogP contribution in [-0.4, -0.2) is 35.6 Å².